The van der Waals surface area contributed by atoms with E-state index in [0.29, 0.717) is 18.1 Å². The molecule has 0 aliphatic heterocycles. The maximum atomic E-state index is 11.5. The summed E-state index contributed by atoms with van der Waals surface area (Å²) >= 11 is 0. The van der Waals surface area contributed by atoms with E-state index in [1.807, 2.05) is 6.92 Å². The average Bonchev–Trinajstić information content (AvgIpc) is 2.37. The Bertz CT molecular complexity index is 428. The van der Waals surface area contributed by atoms with Gasteiger partial charge in [-0.15, -0.1) is 0 Å². The van der Waals surface area contributed by atoms with Gasteiger partial charge in [-0.05, 0) is 26.0 Å². The molecule has 0 aliphatic carbocycles. The van der Waals surface area contributed by atoms with Crippen molar-refractivity contribution in [3.63, 3.8) is 0 Å². The minimum atomic E-state index is -0.529. The Morgan fingerprint density at radius 3 is 2.37 bits per heavy atom. The predicted molar refractivity (Wildman–Crippen MR) is 69.4 cm³/mol. The molecule has 0 aromatic heterocycles. The van der Waals surface area contributed by atoms with Crippen molar-refractivity contribution in [1.82, 2.24) is 0 Å². The summed E-state index contributed by atoms with van der Waals surface area (Å²) in [5.74, 6) is 0.362. The molecule has 0 saturated carbocycles. The van der Waals surface area contributed by atoms with Crippen LogP contribution in [0.1, 0.15) is 20.3 Å². The molecular formula is C14H18O5. The number of carbonyl (C=O) groups is 2. The van der Waals surface area contributed by atoms with Crippen LogP contribution < -0.4 is 9.47 Å². The normalized spacial score (nSPS) is 9.79. The molecular weight excluding hydrogens is 248 g/mol. The first kappa shape index (κ1) is 15.0. The molecule has 1 aromatic carbocycles. The number of ketones is 1. The quantitative estimate of drug-likeness (QED) is 0.532. The van der Waals surface area contributed by atoms with Crippen molar-refractivity contribution in [2.24, 2.45) is 0 Å². The molecule has 0 atom stereocenters. The fourth-order valence-corrected chi connectivity index (χ4v) is 1.41. The molecule has 104 valence electrons. The summed E-state index contributed by atoms with van der Waals surface area (Å²) in [7, 11) is 0. The number of esters is 1. The van der Waals surface area contributed by atoms with E-state index < -0.39 is 5.97 Å². The third-order valence-electron chi connectivity index (χ3n) is 2.16. The van der Waals surface area contributed by atoms with Crippen LogP contribution in [-0.4, -0.2) is 31.6 Å². The lowest BCUT2D eigenvalue weighted by Crippen LogP contribution is -2.17. The summed E-state index contributed by atoms with van der Waals surface area (Å²) in [6.07, 6.45) is -0.265. The van der Waals surface area contributed by atoms with Gasteiger partial charge in [-0.1, -0.05) is 6.07 Å². The molecule has 0 unspecified atom stereocenters. The van der Waals surface area contributed by atoms with Crippen LogP contribution in [0.3, 0.4) is 0 Å². The van der Waals surface area contributed by atoms with E-state index >= 15 is 0 Å². The van der Waals surface area contributed by atoms with Crippen LogP contribution in [-0.2, 0) is 14.3 Å². The third-order valence-corrected chi connectivity index (χ3v) is 2.16. The van der Waals surface area contributed by atoms with Crippen LogP contribution in [0.2, 0.25) is 0 Å². The van der Waals surface area contributed by atoms with Crippen LogP contribution in [0, 0.1) is 0 Å². The number of benzene rings is 1. The molecule has 0 N–H and O–H groups in total. The highest BCUT2D eigenvalue weighted by atomic mass is 16.5. The Morgan fingerprint density at radius 1 is 1.05 bits per heavy atom. The second-order valence-electron chi connectivity index (χ2n) is 3.72. The van der Waals surface area contributed by atoms with E-state index in [0.717, 1.165) is 0 Å². The number of rotatable bonds is 8. The molecule has 5 heteroatoms. The maximum absolute atomic E-state index is 11.5. The van der Waals surface area contributed by atoms with E-state index in [4.69, 9.17) is 9.47 Å². The fraction of sp³-hybridized carbons (Fsp3) is 0.429. The summed E-state index contributed by atoms with van der Waals surface area (Å²) in [5, 5.41) is 0. The third kappa shape index (κ3) is 5.90. The van der Waals surface area contributed by atoms with Gasteiger partial charge in [-0.3, -0.25) is 9.59 Å². The molecule has 0 aliphatic rings. The molecule has 0 bridgehead atoms. The molecule has 0 spiro atoms. The monoisotopic (exact) mass is 266 g/mol. The second kappa shape index (κ2) is 8.13. The van der Waals surface area contributed by atoms with Gasteiger partial charge in [-0.25, -0.2) is 0 Å². The first-order valence-electron chi connectivity index (χ1n) is 6.18. The van der Waals surface area contributed by atoms with E-state index in [1.54, 1.807) is 31.2 Å². The Balaban J connectivity index is 2.41. The van der Waals surface area contributed by atoms with Crippen molar-refractivity contribution in [3.05, 3.63) is 24.3 Å². The van der Waals surface area contributed by atoms with Crippen LogP contribution in [0.15, 0.2) is 24.3 Å². The summed E-state index contributed by atoms with van der Waals surface area (Å²) in [5.41, 5.74) is 0. The second-order valence-corrected chi connectivity index (χ2v) is 3.72. The molecule has 5 nitrogen and oxygen atoms in total. The summed E-state index contributed by atoms with van der Waals surface area (Å²) in [4.78, 5) is 22.5. The summed E-state index contributed by atoms with van der Waals surface area (Å²) in [6.45, 7) is 4.25. The first-order chi connectivity index (χ1) is 9.15. The van der Waals surface area contributed by atoms with Crippen molar-refractivity contribution >= 4 is 11.8 Å². The van der Waals surface area contributed by atoms with Gasteiger partial charge in [0.15, 0.2) is 5.78 Å². The van der Waals surface area contributed by atoms with Crippen molar-refractivity contribution in [2.75, 3.05) is 19.8 Å². The van der Waals surface area contributed by atoms with E-state index in [1.165, 1.54) is 0 Å². The minimum Gasteiger partial charge on any atom is -0.494 e. The number of ether oxygens (including phenoxy) is 3. The van der Waals surface area contributed by atoms with Crippen LogP contribution in [0.25, 0.3) is 0 Å². The predicted octanol–water partition coefficient (Wildman–Crippen LogP) is 1.99. The highest BCUT2D eigenvalue weighted by Gasteiger charge is 2.11. The minimum absolute atomic E-state index is 0.158. The summed E-state index contributed by atoms with van der Waals surface area (Å²) < 4.78 is 15.3. The topological polar surface area (TPSA) is 61.8 Å². The van der Waals surface area contributed by atoms with Crippen molar-refractivity contribution in [1.29, 1.82) is 0 Å². The highest BCUT2D eigenvalue weighted by Crippen LogP contribution is 2.19. The molecule has 0 amide bonds. The number of Topliss-reactive ketones (excluding diaryl/α,β-unsaturated/α-hetero) is 1. The molecule has 0 heterocycles. The lowest BCUT2D eigenvalue weighted by atomic mass is 10.3. The summed E-state index contributed by atoms with van der Waals surface area (Å²) in [6, 6.07) is 6.99. The molecule has 0 saturated heterocycles. The van der Waals surface area contributed by atoms with Crippen molar-refractivity contribution in [3.8, 4) is 11.5 Å². The Morgan fingerprint density at radius 2 is 1.74 bits per heavy atom. The fourth-order valence-electron chi connectivity index (χ4n) is 1.41. The molecule has 19 heavy (non-hydrogen) atoms. The molecule has 1 rings (SSSR count). The molecule has 0 radical (unpaired) electrons. The zero-order chi connectivity index (χ0) is 14.1. The average molecular weight is 266 g/mol. The smallest absolute Gasteiger partial charge is 0.313 e. The van der Waals surface area contributed by atoms with Crippen LogP contribution >= 0.6 is 0 Å². The highest BCUT2D eigenvalue weighted by molar-refractivity contribution is 5.96. The Hall–Kier alpha value is -2.04. The van der Waals surface area contributed by atoms with E-state index in [2.05, 4.69) is 4.74 Å². The van der Waals surface area contributed by atoms with Crippen molar-refractivity contribution < 1.29 is 23.8 Å². The standard InChI is InChI=1S/C14H18O5/c1-3-17-12-6-5-7-13(9-12)19-10-11(15)8-14(16)18-4-2/h5-7,9H,3-4,8,10H2,1-2H3. The SMILES string of the molecule is CCOC(=O)CC(=O)COc1cccc(OCC)c1. The maximum Gasteiger partial charge on any atom is 0.313 e. The van der Waals surface area contributed by atoms with Gasteiger partial charge in [0.05, 0.1) is 13.2 Å². The van der Waals surface area contributed by atoms with Crippen LogP contribution in [0.4, 0.5) is 0 Å². The lowest BCUT2D eigenvalue weighted by molar-refractivity contribution is -0.145. The van der Waals surface area contributed by atoms with Gasteiger partial charge in [0.25, 0.3) is 0 Å². The molecule has 1 aromatic rings. The van der Waals surface area contributed by atoms with Gasteiger partial charge in [0.2, 0.25) is 0 Å². The Labute approximate surface area is 112 Å². The van der Waals surface area contributed by atoms with Gasteiger partial charge in [-0.2, -0.15) is 0 Å². The first-order valence-corrected chi connectivity index (χ1v) is 6.18. The molecule has 0 fully saturated rings. The largest absolute Gasteiger partial charge is 0.494 e. The van der Waals surface area contributed by atoms with Crippen molar-refractivity contribution in [2.45, 2.75) is 20.3 Å². The van der Waals surface area contributed by atoms with E-state index in [-0.39, 0.29) is 25.4 Å². The Kier molecular flexibility index (Phi) is 6.43. The number of hydrogen-bond donors (Lipinski definition) is 0. The number of carbonyl (C=O) groups excluding carboxylic acids is 2. The van der Waals surface area contributed by atoms with Gasteiger partial charge >= 0.3 is 5.97 Å². The zero-order valence-corrected chi connectivity index (χ0v) is 11.2. The number of hydrogen-bond acceptors (Lipinski definition) is 5. The zero-order valence-electron chi connectivity index (χ0n) is 11.2. The van der Waals surface area contributed by atoms with Crippen LogP contribution in [0.5, 0.6) is 11.5 Å². The van der Waals surface area contributed by atoms with Gasteiger partial charge in [0.1, 0.15) is 24.5 Å². The van der Waals surface area contributed by atoms with Gasteiger partial charge < -0.3 is 14.2 Å². The lowest BCUT2D eigenvalue weighted by Gasteiger charge is -2.07. The van der Waals surface area contributed by atoms with E-state index in [9.17, 15) is 9.59 Å². The van der Waals surface area contributed by atoms with Gasteiger partial charge in [0, 0.05) is 6.07 Å².